The van der Waals surface area contributed by atoms with Crippen LogP contribution in [-0.2, 0) is 9.59 Å². The minimum absolute atomic E-state index is 0.0396. The number of hydrogen-bond donors (Lipinski definition) is 5. The van der Waals surface area contributed by atoms with Crippen LogP contribution in [0.1, 0.15) is 22.3 Å². The Labute approximate surface area is 200 Å². The summed E-state index contributed by atoms with van der Waals surface area (Å²) in [7, 11) is 0. The van der Waals surface area contributed by atoms with Gasteiger partial charge in [0.25, 0.3) is 0 Å². The zero-order chi connectivity index (χ0) is 25.1. The molecule has 1 aliphatic rings. The molecule has 0 bridgehead atoms. The van der Waals surface area contributed by atoms with Crippen LogP contribution in [0.2, 0.25) is 0 Å². The zero-order valence-electron chi connectivity index (χ0n) is 18.2. The van der Waals surface area contributed by atoms with E-state index < -0.39 is 23.1 Å². The van der Waals surface area contributed by atoms with Gasteiger partial charge in [0.05, 0.1) is 0 Å². The number of ketones is 2. The van der Waals surface area contributed by atoms with Gasteiger partial charge in [-0.25, -0.2) is 0 Å². The number of aliphatic hydroxyl groups is 1. The monoisotopic (exact) mass is 468 g/mol. The fraction of sp³-hybridized carbons (Fsp3) is 0. The van der Waals surface area contributed by atoms with Crippen LogP contribution >= 0.6 is 0 Å². The van der Waals surface area contributed by atoms with Crippen molar-refractivity contribution in [2.45, 2.75) is 0 Å². The molecule has 3 aromatic carbocycles. The Morgan fingerprint density at radius 3 is 1.71 bits per heavy atom. The highest BCUT2D eigenvalue weighted by molar-refractivity contribution is 6.51. The number of rotatable bonds is 5. The number of phenolic OH excluding ortho intramolecular Hbond substituents is 4. The van der Waals surface area contributed by atoms with E-state index in [1.54, 1.807) is 36.4 Å². The third kappa shape index (κ3) is 4.99. The van der Waals surface area contributed by atoms with Crippen LogP contribution in [0, 0.1) is 0 Å². The lowest BCUT2D eigenvalue weighted by atomic mass is 9.85. The Morgan fingerprint density at radius 2 is 1.14 bits per heavy atom. The molecule has 0 fully saturated rings. The van der Waals surface area contributed by atoms with Crippen molar-refractivity contribution in [2.24, 2.45) is 0 Å². The molecule has 174 valence electrons. The molecule has 3 aromatic rings. The van der Waals surface area contributed by atoms with Gasteiger partial charge in [-0.2, -0.15) is 0 Å². The van der Waals surface area contributed by atoms with E-state index in [-0.39, 0.29) is 39.5 Å². The van der Waals surface area contributed by atoms with Gasteiger partial charge in [-0.3, -0.25) is 9.59 Å². The molecule has 0 aromatic heterocycles. The SMILES string of the molecule is O=C1C=C(O)C(c2c(O)cc(O)cc2/C=C/c2ccc(O)cc2)=C(/C=C/c2ccc(O)cc2)C1=O. The maximum Gasteiger partial charge on any atom is 0.233 e. The summed E-state index contributed by atoms with van der Waals surface area (Å²) in [5, 5.41) is 50.4. The second-order valence-electron chi connectivity index (χ2n) is 7.79. The normalized spacial score (nSPS) is 14.2. The molecule has 5 N–H and O–H groups in total. The Kier molecular flexibility index (Phi) is 6.24. The molecule has 0 aliphatic heterocycles. The van der Waals surface area contributed by atoms with E-state index in [0.29, 0.717) is 11.1 Å². The van der Waals surface area contributed by atoms with Crippen LogP contribution in [0.5, 0.6) is 23.0 Å². The van der Waals surface area contributed by atoms with Gasteiger partial charge < -0.3 is 25.5 Å². The topological polar surface area (TPSA) is 135 Å². The molecule has 0 saturated carbocycles. The van der Waals surface area contributed by atoms with Crippen LogP contribution in [0.15, 0.2) is 84.1 Å². The van der Waals surface area contributed by atoms with Gasteiger partial charge in [0, 0.05) is 28.9 Å². The van der Waals surface area contributed by atoms with Gasteiger partial charge in [-0.1, -0.05) is 42.5 Å². The van der Waals surface area contributed by atoms with E-state index >= 15 is 0 Å². The van der Waals surface area contributed by atoms with E-state index in [1.165, 1.54) is 42.5 Å². The lowest BCUT2D eigenvalue weighted by Gasteiger charge is -2.19. The van der Waals surface area contributed by atoms with E-state index in [0.717, 1.165) is 12.1 Å². The molecule has 35 heavy (non-hydrogen) atoms. The van der Waals surface area contributed by atoms with Gasteiger partial charge in [-0.15, -0.1) is 0 Å². The molecule has 0 unspecified atom stereocenters. The number of aromatic hydroxyl groups is 4. The smallest absolute Gasteiger partial charge is 0.233 e. The lowest BCUT2D eigenvalue weighted by Crippen LogP contribution is -2.20. The van der Waals surface area contributed by atoms with Crippen LogP contribution in [0.3, 0.4) is 0 Å². The van der Waals surface area contributed by atoms with Gasteiger partial charge >= 0.3 is 0 Å². The van der Waals surface area contributed by atoms with Crippen molar-refractivity contribution < 1.29 is 35.1 Å². The van der Waals surface area contributed by atoms with E-state index in [4.69, 9.17) is 0 Å². The Morgan fingerprint density at radius 1 is 0.600 bits per heavy atom. The van der Waals surface area contributed by atoms with Crippen LogP contribution in [0.25, 0.3) is 23.8 Å². The molecule has 0 radical (unpaired) electrons. The average Bonchev–Trinajstić information content (AvgIpc) is 2.82. The predicted octanol–water partition coefficient (Wildman–Crippen LogP) is 4.74. The number of allylic oxidation sites excluding steroid dienone is 4. The van der Waals surface area contributed by atoms with E-state index in [9.17, 15) is 35.1 Å². The molecule has 0 saturated heterocycles. The number of Topliss-reactive ketones (excluding diaryl/α,β-unsaturated/α-hetero) is 1. The second kappa shape index (κ2) is 9.44. The van der Waals surface area contributed by atoms with Crippen molar-refractivity contribution in [3.63, 3.8) is 0 Å². The largest absolute Gasteiger partial charge is 0.508 e. The number of carbonyl (C=O) groups excluding carboxylic acids is 2. The molecule has 0 spiro atoms. The highest BCUT2D eigenvalue weighted by Gasteiger charge is 2.30. The fourth-order valence-electron chi connectivity index (χ4n) is 3.64. The van der Waals surface area contributed by atoms with Crippen molar-refractivity contribution in [1.29, 1.82) is 0 Å². The Bertz CT molecular complexity index is 1440. The van der Waals surface area contributed by atoms with Crippen LogP contribution < -0.4 is 0 Å². The Hall–Kier alpha value is -5.04. The number of hydrogen-bond acceptors (Lipinski definition) is 7. The van der Waals surface area contributed by atoms with Gasteiger partial charge in [0.1, 0.15) is 28.8 Å². The van der Waals surface area contributed by atoms with E-state index in [1.807, 2.05) is 0 Å². The quantitative estimate of drug-likeness (QED) is 0.207. The summed E-state index contributed by atoms with van der Waals surface area (Å²) < 4.78 is 0. The highest BCUT2D eigenvalue weighted by atomic mass is 16.3. The molecule has 4 rings (SSSR count). The summed E-state index contributed by atoms with van der Waals surface area (Å²) in [6, 6.07) is 14.8. The summed E-state index contributed by atoms with van der Waals surface area (Å²) in [5.41, 5.74) is 1.40. The predicted molar refractivity (Wildman–Crippen MR) is 132 cm³/mol. The summed E-state index contributed by atoms with van der Waals surface area (Å²) in [5.74, 6) is -2.83. The lowest BCUT2D eigenvalue weighted by molar-refractivity contribution is -0.131. The van der Waals surface area contributed by atoms with Crippen molar-refractivity contribution in [3.8, 4) is 23.0 Å². The van der Waals surface area contributed by atoms with Gasteiger partial charge in [-0.05, 0) is 53.1 Å². The molecular weight excluding hydrogens is 448 g/mol. The molecule has 0 amide bonds. The summed E-state index contributed by atoms with van der Waals surface area (Å²) in [6.45, 7) is 0. The molecule has 7 heteroatoms. The molecule has 0 atom stereocenters. The molecular formula is C28H20O7. The van der Waals surface area contributed by atoms with E-state index in [2.05, 4.69) is 0 Å². The molecule has 7 nitrogen and oxygen atoms in total. The van der Waals surface area contributed by atoms with Crippen molar-refractivity contribution in [3.05, 3.63) is 106 Å². The minimum atomic E-state index is -0.920. The average molecular weight is 468 g/mol. The summed E-state index contributed by atoms with van der Waals surface area (Å²) >= 11 is 0. The third-order valence-corrected chi connectivity index (χ3v) is 5.33. The number of phenols is 4. The highest BCUT2D eigenvalue weighted by Crippen LogP contribution is 2.40. The Balaban J connectivity index is 1.89. The molecule has 0 heterocycles. The fourth-order valence-corrected chi connectivity index (χ4v) is 3.64. The van der Waals surface area contributed by atoms with Gasteiger partial charge in [0.15, 0.2) is 0 Å². The van der Waals surface area contributed by atoms with Crippen molar-refractivity contribution >= 4 is 35.4 Å². The first-order chi connectivity index (χ1) is 16.7. The standard InChI is InChI=1S/C28H20O7/c29-19-8-2-16(3-9-19)1-7-18-13-21(31)14-23(32)26(18)27-22(28(35)25(34)15-24(27)33)12-6-17-4-10-20(30)11-5-17/h1-15,29-33H/b7-1+,12-6+. The van der Waals surface area contributed by atoms with Gasteiger partial charge in [0.2, 0.25) is 11.6 Å². The first kappa shape index (κ1) is 23.1. The third-order valence-electron chi connectivity index (χ3n) is 5.33. The summed E-state index contributed by atoms with van der Waals surface area (Å²) in [6.07, 6.45) is 6.88. The van der Waals surface area contributed by atoms with Crippen LogP contribution in [0.4, 0.5) is 0 Å². The van der Waals surface area contributed by atoms with Crippen LogP contribution in [-0.4, -0.2) is 37.1 Å². The maximum absolute atomic E-state index is 12.8. The van der Waals surface area contributed by atoms with Crippen molar-refractivity contribution in [2.75, 3.05) is 0 Å². The zero-order valence-corrected chi connectivity index (χ0v) is 18.2. The summed E-state index contributed by atoms with van der Waals surface area (Å²) in [4.78, 5) is 25.0. The second-order valence-corrected chi connectivity index (χ2v) is 7.79. The maximum atomic E-state index is 12.8. The minimum Gasteiger partial charge on any atom is -0.508 e. The number of benzene rings is 3. The first-order valence-corrected chi connectivity index (χ1v) is 10.5. The first-order valence-electron chi connectivity index (χ1n) is 10.5. The number of aliphatic hydroxyl groups excluding tert-OH is 1. The van der Waals surface area contributed by atoms with Crippen molar-refractivity contribution in [1.82, 2.24) is 0 Å². The number of carbonyl (C=O) groups is 2. The molecule has 1 aliphatic carbocycles.